The van der Waals surface area contributed by atoms with Gasteiger partial charge in [0, 0.05) is 0 Å². The molecule has 3 heteroatoms. The molecule has 3 nitrogen and oxygen atoms in total. The molecule has 0 aliphatic rings. The second-order valence-corrected chi connectivity index (χ2v) is 2.75. The van der Waals surface area contributed by atoms with E-state index in [1.807, 2.05) is 6.08 Å². The Hall–Kier alpha value is -0.860. The maximum absolute atomic E-state index is 9.50. The van der Waals surface area contributed by atoms with Crippen molar-refractivity contribution in [2.75, 3.05) is 6.61 Å². The molecule has 0 bridgehead atoms. The van der Waals surface area contributed by atoms with Gasteiger partial charge in [0.25, 0.3) is 0 Å². The van der Waals surface area contributed by atoms with Crippen molar-refractivity contribution < 1.29 is 4.84 Å². The van der Waals surface area contributed by atoms with E-state index >= 15 is 0 Å². The summed E-state index contributed by atoms with van der Waals surface area (Å²) >= 11 is 0. The summed E-state index contributed by atoms with van der Waals surface area (Å²) in [4.78, 5) is 13.8. The van der Waals surface area contributed by atoms with Crippen molar-refractivity contribution >= 4 is 0 Å². The summed E-state index contributed by atoms with van der Waals surface area (Å²) in [5.41, 5.74) is 0. The lowest BCUT2D eigenvalue weighted by Gasteiger charge is -1.97. The van der Waals surface area contributed by atoms with Crippen LogP contribution in [0.2, 0.25) is 0 Å². The topological polar surface area (TPSA) is 38.7 Å². The fourth-order valence-corrected chi connectivity index (χ4v) is 1.02. The average molecular weight is 171 g/mol. The van der Waals surface area contributed by atoms with E-state index in [0.717, 1.165) is 19.3 Å². The number of allylic oxidation sites excluding steroid dienone is 1. The van der Waals surface area contributed by atoms with Crippen LogP contribution in [0, 0.1) is 4.91 Å². The Labute approximate surface area is 73.7 Å². The normalized spacial score (nSPS) is 9.33. The molecular weight excluding hydrogens is 154 g/mol. The number of rotatable bonds is 9. The van der Waals surface area contributed by atoms with Gasteiger partial charge in [0.05, 0.1) is 0 Å². The van der Waals surface area contributed by atoms with Crippen molar-refractivity contribution in [1.82, 2.24) is 0 Å². The first-order chi connectivity index (χ1) is 5.91. The van der Waals surface area contributed by atoms with Gasteiger partial charge in [-0.1, -0.05) is 18.9 Å². The zero-order chi connectivity index (χ0) is 9.07. The Kier molecular flexibility index (Phi) is 9.41. The maximum atomic E-state index is 9.50. The molecule has 0 spiro atoms. The highest BCUT2D eigenvalue weighted by Gasteiger charge is 1.90. The molecule has 0 saturated heterocycles. The molecule has 0 radical (unpaired) electrons. The van der Waals surface area contributed by atoms with Crippen LogP contribution >= 0.6 is 0 Å². The SMILES string of the molecule is C=CCCCCCCCON=O. The lowest BCUT2D eigenvalue weighted by molar-refractivity contribution is 0.135. The molecule has 0 atom stereocenters. The third-order valence-electron chi connectivity index (χ3n) is 1.70. The van der Waals surface area contributed by atoms with E-state index in [1.165, 1.54) is 19.3 Å². The van der Waals surface area contributed by atoms with E-state index in [1.54, 1.807) is 0 Å². The highest BCUT2D eigenvalue weighted by atomic mass is 16.7. The van der Waals surface area contributed by atoms with Crippen molar-refractivity contribution in [1.29, 1.82) is 0 Å². The van der Waals surface area contributed by atoms with Crippen LogP contribution in [0.25, 0.3) is 0 Å². The minimum Gasteiger partial charge on any atom is -0.364 e. The second kappa shape index (κ2) is 10.1. The summed E-state index contributed by atoms with van der Waals surface area (Å²) in [6, 6.07) is 0. The van der Waals surface area contributed by atoms with Crippen LogP contribution in [0.15, 0.2) is 18.0 Å². The molecule has 0 amide bonds. The van der Waals surface area contributed by atoms with Crippen LogP contribution in [-0.2, 0) is 4.84 Å². The Morgan fingerprint density at radius 1 is 1.17 bits per heavy atom. The largest absolute Gasteiger partial charge is 0.364 e. The molecule has 0 heterocycles. The van der Waals surface area contributed by atoms with E-state index in [-0.39, 0.29) is 0 Å². The first kappa shape index (κ1) is 11.1. The van der Waals surface area contributed by atoms with Gasteiger partial charge in [-0.2, -0.15) is 0 Å². The third kappa shape index (κ3) is 9.14. The third-order valence-corrected chi connectivity index (χ3v) is 1.70. The lowest BCUT2D eigenvalue weighted by atomic mass is 10.1. The lowest BCUT2D eigenvalue weighted by Crippen LogP contribution is -1.87. The van der Waals surface area contributed by atoms with Gasteiger partial charge >= 0.3 is 0 Å². The van der Waals surface area contributed by atoms with Crippen molar-refractivity contribution in [2.24, 2.45) is 5.34 Å². The van der Waals surface area contributed by atoms with Gasteiger partial charge in [-0.05, 0) is 25.7 Å². The van der Waals surface area contributed by atoms with Crippen LogP contribution in [-0.4, -0.2) is 6.61 Å². The van der Waals surface area contributed by atoms with Crippen LogP contribution in [0.4, 0.5) is 0 Å². The van der Waals surface area contributed by atoms with E-state index in [4.69, 9.17) is 0 Å². The smallest absolute Gasteiger partial charge is 0.155 e. The molecule has 0 aromatic carbocycles. The Bertz CT molecular complexity index is 101. The van der Waals surface area contributed by atoms with Gasteiger partial charge in [-0.25, -0.2) is 0 Å². The van der Waals surface area contributed by atoms with Crippen LogP contribution < -0.4 is 0 Å². The van der Waals surface area contributed by atoms with Crippen molar-refractivity contribution in [2.45, 2.75) is 38.5 Å². The van der Waals surface area contributed by atoms with Gasteiger partial charge in [0.1, 0.15) is 6.61 Å². The van der Waals surface area contributed by atoms with Crippen molar-refractivity contribution in [3.8, 4) is 0 Å². The Morgan fingerprint density at radius 3 is 2.50 bits per heavy atom. The van der Waals surface area contributed by atoms with Crippen LogP contribution in [0.5, 0.6) is 0 Å². The molecule has 0 aromatic heterocycles. The van der Waals surface area contributed by atoms with Gasteiger partial charge in [0.2, 0.25) is 0 Å². The second-order valence-electron chi connectivity index (χ2n) is 2.75. The fourth-order valence-electron chi connectivity index (χ4n) is 1.02. The van der Waals surface area contributed by atoms with Crippen molar-refractivity contribution in [3.63, 3.8) is 0 Å². The van der Waals surface area contributed by atoms with E-state index in [9.17, 15) is 4.91 Å². The molecule has 0 aliphatic carbocycles. The van der Waals surface area contributed by atoms with Gasteiger partial charge < -0.3 is 4.84 Å². The molecule has 0 unspecified atom stereocenters. The van der Waals surface area contributed by atoms with Gasteiger partial charge in [-0.3, -0.25) is 0 Å². The summed E-state index contributed by atoms with van der Waals surface area (Å²) in [5, 5.41) is 2.32. The first-order valence-electron chi connectivity index (χ1n) is 4.47. The predicted molar refractivity (Wildman–Crippen MR) is 49.6 cm³/mol. The zero-order valence-electron chi connectivity index (χ0n) is 7.50. The summed E-state index contributed by atoms with van der Waals surface area (Å²) in [6.45, 7) is 4.12. The molecule has 12 heavy (non-hydrogen) atoms. The number of hydrogen-bond acceptors (Lipinski definition) is 3. The summed E-state index contributed by atoms with van der Waals surface area (Å²) < 4.78 is 0. The highest BCUT2D eigenvalue weighted by molar-refractivity contribution is 4.65. The molecule has 0 rings (SSSR count). The Balaban J connectivity index is 2.81. The summed E-state index contributed by atoms with van der Waals surface area (Å²) in [6.07, 6.45) is 8.76. The van der Waals surface area contributed by atoms with Gasteiger partial charge in [0.15, 0.2) is 5.34 Å². The summed E-state index contributed by atoms with van der Waals surface area (Å²) in [5.74, 6) is 0. The standard InChI is InChI=1S/C9H17NO2/c1-2-3-4-5-6-7-8-9-12-10-11/h2H,1,3-9H2. The quantitative estimate of drug-likeness (QED) is 0.231. The number of unbranched alkanes of at least 4 members (excludes halogenated alkanes) is 5. The highest BCUT2D eigenvalue weighted by Crippen LogP contribution is 2.05. The maximum Gasteiger partial charge on any atom is 0.155 e. The van der Waals surface area contributed by atoms with Crippen molar-refractivity contribution in [3.05, 3.63) is 17.6 Å². The van der Waals surface area contributed by atoms with Crippen LogP contribution in [0.1, 0.15) is 38.5 Å². The number of hydrogen-bond donors (Lipinski definition) is 0. The fraction of sp³-hybridized carbons (Fsp3) is 0.778. The minimum absolute atomic E-state index is 0.463. The van der Waals surface area contributed by atoms with E-state index in [0.29, 0.717) is 6.61 Å². The zero-order valence-corrected chi connectivity index (χ0v) is 7.50. The monoisotopic (exact) mass is 171 g/mol. The van der Waals surface area contributed by atoms with E-state index < -0.39 is 0 Å². The molecule has 0 aliphatic heterocycles. The number of nitrogens with zero attached hydrogens (tertiary/aromatic N) is 1. The summed E-state index contributed by atoms with van der Waals surface area (Å²) in [7, 11) is 0. The molecule has 0 fully saturated rings. The average Bonchev–Trinajstić information content (AvgIpc) is 2.10. The molecular formula is C9H17NO2. The molecule has 70 valence electrons. The molecule has 0 N–H and O–H groups in total. The van der Waals surface area contributed by atoms with Gasteiger partial charge in [-0.15, -0.1) is 11.5 Å². The first-order valence-corrected chi connectivity index (χ1v) is 4.47. The molecule has 0 aromatic rings. The molecule has 0 saturated carbocycles. The van der Waals surface area contributed by atoms with Crippen LogP contribution in [0.3, 0.4) is 0 Å². The predicted octanol–water partition coefficient (Wildman–Crippen LogP) is 3.21. The van der Waals surface area contributed by atoms with E-state index in [2.05, 4.69) is 16.8 Å². The Morgan fingerprint density at radius 2 is 1.83 bits per heavy atom. The minimum atomic E-state index is 0.463.